The molecule has 2 heterocycles. The molecule has 1 saturated heterocycles. The minimum Gasteiger partial charge on any atom is -0.350 e. The van der Waals surface area contributed by atoms with E-state index < -0.39 is 17.2 Å². The van der Waals surface area contributed by atoms with Gasteiger partial charge in [-0.3, -0.25) is 9.59 Å². The van der Waals surface area contributed by atoms with Crippen molar-refractivity contribution >= 4 is 39.1 Å². The Labute approximate surface area is 167 Å². The molecule has 0 unspecified atom stereocenters. The van der Waals surface area contributed by atoms with Crippen molar-refractivity contribution < 1.29 is 18.4 Å². The maximum atomic E-state index is 13.8. The van der Waals surface area contributed by atoms with Crippen LogP contribution in [0.15, 0.2) is 34.1 Å². The number of nitrogens with one attached hydrogen (secondary N) is 3. The fraction of sp³-hybridized carbons (Fsp3) is 0.333. The summed E-state index contributed by atoms with van der Waals surface area (Å²) in [5, 5.41) is 10.5. The van der Waals surface area contributed by atoms with Gasteiger partial charge < -0.3 is 16.0 Å². The lowest BCUT2D eigenvalue weighted by Gasteiger charge is -2.37. The van der Waals surface area contributed by atoms with Crippen molar-refractivity contribution in [2.75, 3.05) is 13.1 Å². The van der Waals surface area contributed by atoms with Crippen molar-refractivity contribution in [1.82, 2.24) is 16.0 Å². The number of amides is 2. The van der Waals surface area contributed by atoms with Gasteiger partial charge in [0.15, 0.2) is 0 Å². The average molecular weight is 458 g/mol. The van der Waals surface area contributed by atoms with Gasteiger partial charge in [0.05, 0.1) is 0 Å². The molecular weight excluding hydrogens is 440 g/mol. The van der Waals surface area contributed by atoms with E-state index in [9.17, 15) is 18.4 Å². The maximum absolute atomic E-state index is 13.8. The summed E-state index contributed by atoms with van der Waals surface area (Å²) in [5.41, 5.74) is -0.899. The lowest BCUT2D eigenvalue weighted by Crippen LogP contribution is -2.62. The lowest BCUT2D eigenvalue weighted by atomic mass is 9.87. The summed E-state index contributed by atoms with van der Waals surface area (Å²) < 4.78 is 27.5. The largest absolute Gasteiger partial charge is 0.350 e. The summed E-state index contributed by atoms with van der Waals surface area (Å²) in [7, 11) is 0. The lowest BCUT2D eigenvalue weighted by molar-refractivity contribution is -0.128. The molecule has 3 N–H and O–H groups in total. The van der Waals surface area contributed by atoms with E-state index in [4.69, 9.17) is 0 Å². The first-order valence-electron chi connectivity index (χ1n) is 8.40. The zero-order valence-corrected chi connectivity index (χ0v) is 16.7. The summed E-state index contributed by atoms with van der Waals surface area (Å²) in [6.07, 6.45) is 0.832. The number of hydrogen-bond donors (Lipinski definition) is 3. The number of thiophene rings is 1. The predicted molar refractivity (Wildman–Crippen MR) is 103 cm³/mol. The highest BCUT2D eigenvalue weighted by Crippen LogP contribution is 2.25. The standard InChI is InChI=1S/C18H18BrF2N3O2S/c19-13-3-8-27-15(13)16(25)24-18(4-6-22-7-5-18)17(26)23-10-11-1-2-12(20)9-14(11)21/h1-3,8-9,22H,4-7,10H2,(H,23,26)(H,24,25). The van der Waals surface area contributed by atoms with Gasteiger partial charge in [-0.15, -0.1) is 11.3 Å². The Morgan fingerprint density at radius 2 is 1.96 bits per heavy atom. The molecule has 3 rings (SSSR count). The number of rotatable bonds is 5. The fourth-order valence-electron chi connectivity index (χ4n) is 3.00. The fourth-order valence-corrected chi connectivity index (χ4v) is 4.45. The van der Waals surface area contributed by atoms with Crippen LogP contribution in [0.25, 0.3) is 0 Å². The Morgan fingerprint density at radius 1 is 1.22 bits per heavy atom. The Hall–Kier alpha value is -1.84. The van der Waals surface area contributed by atoms with Crippen molar-refractivity contribution in [3.63, 3.8) is 0 Å². The zero-order chi connectivity index (χ0) is 19.4. The molecule has 1 fully saturated rings. The molecule has 0 saturated carbocycles. The maximum Gasteiger partial charge on any atom is 0.263 e. The third kappa shape index (κ3) is 4.53. The van der Waals surface area contributed by atoms with Crippen LogP contribution in [0.5, 0.6) is 0 Å². The second-order valence-electron chi connectivity index (χ2n) is 6.30. The van der Waals surface area contributed by atoms with Crippen LogP contribution in [0.2, 0.25) is 0 Å². The monoisotopic (exact) mass is 457 g/mol. The van der Waals surface area contributed by atoms with E-state index in [1.165, 1.54) is 17.4 Å². The first kappa shape index (κ1) is 19.9. The van der Waals surface area contributed by atoms with Crippen molar-refractivity contribution in [3.05, 3.63) is 56.2 Å². The van der Waals surface area contributed by atoms with Crippen LogP contribution in [0.1, 0.15) is 28.1 Å². The van der Waals surface area contributed by atoms with Crippen LogP contribution < -0.4 is 16.0 Å². The van der Waals surface area contributed by atoms with Gasteiger partial charge in [0, 0.05) is 22.6 Å². The first-order chi connectivity index (χ1) is 12.9. The van der Waals surface area contributed by atoms with Gasteiger partial charge in [-0.2, -0.15) is 0 Å². The highest BCUT2D eigenvalue weighted by Gasteiger charge is 2.41. The summed E-state index contributed by atoms with van der Waals surface area (Å²) >= 11 is 4.60. The van der Waals surface area contributed by atoms with Crippen LogP contribution >= 0.6 is 27.3 Å². The van der Waals surface area contributed by atoms with E-state index in [2.05, 4.69) is 31.9 Å². The van der Waals surface area contributed by atoms with Gasteiger partial charge in [0.2, 0.25) is 5.91 Å². The van der Waals surface area contributed by atoms with Crippen LogP contribution in [0.4, 0.5) is 8.78 Å². The summed E-state index contributed by atoms with van der Waals surface area (Å²) in [5.74, 6) is -2.11. The molecule has 1 aliphatic rings. The number of benzene rings is 1. The smallest absolute Gasteiger partial charge is 0.263 e. The Balaban J connectivity index is 1.74. The van der Waals surface area contributed by atoms with Gasteiger partial charge >= 0.3 is 0 Å². The van der Waals surface area contributed by atoms with Crippen LogP contribution in [0, 0.1) is 11.6 Å². The highest BCUT2D eigenvalue weighted by molar-refractivity contribution is 9.10. The second kappa shape index (κ2) is 8.45. The van der Waals surface area contributed by atoms with E-state index in [1.54, 1.807) is 11.4 Å². The van der Waals surface area contributed by atoms with Crippen LogP contribution in [-0.2, 0) is 11.3 Å². The van der Waals surface area contributed by atoms with Crippen molar-refractivity contribution in [2.45, 2.75) is 24.9 Å². The molecule has 2 aromatic rings. The van der Waals surface area contributed by atoms with Crippen molar-refractivity contribution in [3.8, 4) is 0 Å². The first-order valence-corrected chi connectivity index (χ1v) is 10.1. The van der Waals surface area contributed by atoms with Gasteiger partial charge in [-0.05, 0) is 59.4 Å². The third-order valence-electron chi connectivity index (χ3n) is 4.52. The van der Waals surface area contributed by atoms with Crippen LogP contribution in [0.3, 0.4) is 0 Å². The molecule has 0 bridgehead atoms. The molecule has 144 valence electrons. The SMILES string of the molecule is O=C(NC1(C(=O)NCc2ccc(F)cc2F)CCNCC1)c1sccc1Br. The Morgan fingerprint density at radius 3 is 2.59 bits per heavy atom. The van der Waals surface area contributed by atoms with Gasteiger partial charge in [0.25, 0.3) is 5.91 Å². The summed E-state index contributed by atoms with van der Waals surface area (Å²) in [6.45, 7) is 1.06. The molecule has 1 aromatic heterocycles. The molecule has 0 radical (unpaired) electrons. The Bertz CT molecular complexity index is 853. The molecule has 1 aromatic carbocycles. The molecule has 27 heavy (non-hydrogen) atoms. The Kier molecular flexibility index (Phi) is 6.23. The molecule has 1 aliphatic heterocycles. The molecule has 0 atom stereocenters. The highest BCUT2D eigenvalue weighted by atomic mass is 79.9. The second-order valence-corrected chi connectivity index (χ2v) is 8.07. The molecule has 2 amide bonds. The predicted octanol–water partition coefficient (Wildman–Crippen LogP) is 2.96. The van der Waals surface area contributed by atoms with E-state index in [0.717, 1.165) is 12.1 Å². The molecule has 9 heteroatoms. The molecule has 0 spiro atoms. The number of piperidine rings is 1. The number of hydrogen-bond acceptors (Lipinski definition) is 4. The minimum absolute atomic E-state index is 0.0846. The van der Waals surface area contributed by atoms with E-state index in [-0.39, 0.29) is 23.9 Å². The number of carbonyl (C=O) groups is 2. The minimum atomic E-state index is -1.08. The van der Waals surface area contributed by atoms with E-state index in [0.29, 0.717) is 35.3 Å². The summed E-state index contributed by atoms with van der Waals surface area (Å²) in [6, 6.07) is 4.98. The quantitative estimate of drug-likeness (QED) is 0.646. The number of halogens is 3. The summed E-state index contributed by atoms with van der Waals surface area (Å²) in [4.78, 5) is 26.0. The zero-order valence-electron chi connectivity index (χ0n) is 14.3. The molecular formula is C18H18BrF2N3O2S. The van der Waals surface area contributed by atoms with Crippen LogP contribution in [-0.4, -0.2) is 30.4 Å². The van der Waals surface area contributed by atoms with Crippen molar-refractivity contribution in [2.24, 2.45) is 0 Å². The van der Waals surface area contributed by atoms with E-state index >= 15 is 0 Å². The molecule has 0 aliphatic carbocycles. The van der Waals surface area contributed by atoms with Gasteiger partial charge in [-0.25, -0.2) is 8.78 Å². The normalized spacial score (nSPS) is 16.0. The van der Waals surface area contributed by atoms with Gasteiger partial charge in [0.1, 0.15) is 22.1 Å². The number of carbonyl (C=O) groups excluding carboxylic acids is 2. The topological polar surface area (TPSA) is 70.2 Å². The van der Waals surface area contributed by atoms with E-state index in [1.807, 2.05) is 0 Å². The average Bonchev–Trinajstić information content (AvgIpc) is 3.07. The third-order valence-corrected chi connectivity index (χ3v) is 6.36. The van der Waals surface area contributed by atoms with Gasteiger partial charge in [-0.1, -0.05) is 6.07 Å². The van der Waals surface area contributed by atoms with Crippen molar-refractivity contribution in [1.29, 1.82) is 0 Å². The molecule has 5 nitrogen and oxygen atoms in total.